The lowest BCUT2D eigenvalue weighted by molar-refractivity contribution is -0.143. The number of hydrogen-bond acceptors (Lipinski definition) is 5. The fourth-order valence-corrected chi connectivity index (χ4v) is 2.61. The topological polar surface area (TPSA) is 69.7 Å². The number of halogens is 2. The molecule has 112 valence electrons. The summed E-state index contributed by atoms with van der Waals surface area (Å²) >= 11 is 11.5. The van der Waals surface area contributed by atoms with Crippen molar-refractivity contribution in [3.05, 3.63) is 28.2 Å². The SMILES string of the molecule is CCOC(=O)CCCS(=O)(=O)Oc1ccc(Cl)c(Cl)c1. The summed E-state index contributed by atoms with van der Waals surface area (Å²) in [5.41, 5.74) is 0. The summed E-state index contributed by atoms with van der Waals surface area (Å²) in [5.74, 6) is -0.640. The third kappa shape index (κ3) is 5.98. The van der Waals surface area contributed by atoms with Crippen LogP contribution in [-0.4, -0.2) is 26.7 Å². The molecule has 0 bridgehead atoms. The van der Waals surface area contributed by atoms with E-state index in [4.69, 9.17) is 32.1 Å². The van der Waals surface area contributed by atoms with Crippen LogP contribution in [0.2, 0.25) is 10.0 Å². The zero-order chi connectivity index (χ0) is 15.2. The molecule has 0 N–H and O–H groups in total. The first-order valence-corrected chi connectivity index (χ1v) is 8.20. The quantitative estimate of drug-likeness (QED) is 0.563. The molecule has 0 saturated heterocycles. The Morgan fingerprint density at radius 3 is 2.55 bits per heavy atom. The van der Waals surface area contributed by atoms with Crippen molar-refractivity contribution in [3.8, 4) is 5.75 Å². The maximum Gasteiger partial charge on any atom is 0.309 e. The van der Waals surface area contributed by atoms with E-state index >= 15 is 0 Å². The monoisotopic (exact) mass is 340 g/mol. The molecule has 0 aliphatic rings. The van der Waals surface area contributed by atoms with Gasteiger partial charge >= 0.3 is 16.1 Å². The molecule has 0 aromatic heterocycles. The van der Waals surface area contributed by atoms with Crippen molar-refractivity contribution < 1.29 is 22.1 Å². The molecule has 0 radical (unpaired) electrons. The van der Waals surface area contributed by atoms with Gasteiger partial charge in [0.2, 0.25) is 0 Å². The van der Waals surface area contributed by atoms with E-state index in [2.05, 4.69) is 0 Å². The minimum atomic E-state index is -3.78. The highest BCUT2D eigenvalue weighted by molar-refractivity contribution is 7.87. The van der Waals surface area contributed by atoms with Gasteiger partial charge in [-0.15, -0.1) is 0 Å². The van der Waals surface area contributed by atoms with Gasteiger partial charge < -0.3 is 8.92 Å². The molecule has 0 atom stereocenters. The Kier molecular flexibility index (Phi) is 6.58. The molecule has 5 nitrogen and oxygen atoms in total. The molecule has 1 aromatic carbocycles. The van der Waals surface area contributed by atoms with Crippen LogP contribution in [0.5, 0.6) is 5.75 Å². The Labute approximate surface area is 127 Å². The molecular weight excluding hydrogens is 327 g/mol. The van der Waals surface area contributed by atoms with Crippen LogP contribution in [0.1, 0.15) is 19.8 Å². The second-order valence-electron chi connectivity index (χ2n) is 3.83. The van der Waals surface area contributed by atoms with Gasteiger partial charge in [-0.25, -0.2) is 0 Å². The fraction of sp³-hybridized carbons (Fsp3) is 0.417. The Morgan fingerprint density at radius 1 is 1.25 bits per heavy atom. The lowest BCUT2D eigenvalue weighted by Gasteiger charge is -2.07. The van der Waals surface area contributed by atoms with Gasteiger partial charge in [0.1, 0.15) is 5.75 Å². The van der Waals surface area contributed by atoms with Crippen molar-refractivity contribution in [1.29, 1.82) is 0 Å². The molecule has 1 aromatic rings. The van der Waals surface area contributed by atoms with Gasteiger partial charge in [-0.05, 0) is 25.5 Å². The van der Waals surface area contributed by atoms with Gasteiger partial charge in [-0.1, -0.05) is 23.2 Å². The molecule has 20 heavy (non-hydrogen) atoms. The summed E-state index contributed by atoms with van der Waals surface area (Å²) in [7, 11) is -3.78. The second-order valence-corrected chi connectivity index (χ2v) is 6.33. The van der Waals surface area contributed by atoms with Gasteiger partial charge in [0.05, 0.1) is 22.4 Å². The fourth-order valence-electron chi connectivity index (χ4n) is 1.34. The van der Waals surface area contributed by atoms with E-state index in [0.29, 0.717) is 5.02 Å². The molecule has 0 aliphatic heterocycles. The van der Waals surface area contributed by atoms with Gasteiger partial charge in [-0.3, -0.25) is 4.79 Å². The first-order valence-electron chi connectivity index (χ1n) is 5.87. The minimum Gasteiger partial charge on any atom is -0.466 e. The van der Waals surface area contributed by atoms with Crippen LogP contribution in [-0.2, 0) is 19.6 Å². The highest BCUT2D eigenvalue weighted by atomic mass is 35.5. The molecule has 0 unspecified atom stereocenters. The number of hydrogen-bond donors (Lipinski definition) is 0. The molecule has 0 heterocycles. The van der Waals surface area contributed by atoms with Crippen LogP contribution < -0.4 is 4.18 Å². The van der Waals surface area contributed by atoms with E-state index in [9.17, 15) is 13.2 Å². The predicted octanol–water partition coefficient (Wildman–Crippen LogP) is 3.05. The van der Waals surface area contributed by atoms with Crippen LogP contribution in [0.4, 0.5) is 0 Å². The van der Waals surface area contributed by atoms with E-state index in [1.807, 2.05) is 0 Å². The van der Waals surface area contributed by atoms with Gasteiger partial charge in [0.15, 0.2) is 0 Å². The first-order chi connectivity index (χ1) is 9.34. The smallest absolute Gasteiger partial charge is 0.309 e. The highest BCUT2D eigenvalue weighted by Crippen LogP contribution is 2.27. The van der Waals surface area contributed by atoms with Gasteiger partial charge in [-0.2, -0.15) is 8.42 Å². The molecule has 0 aliphatic carbocycles. The molecule has 0 spiro atoms. The number of carbonyl (C=O) groups excluding carboxylic acids is 1. The maximum atomic E-state index is 11.7. The molecule has 0 amide bonds. The maximum absolute atomic E-state index is 11.7. The Morgan fingerprint density at radius 2 is 1.95 bits per heavy atom. The van der Waals surface area contributed by atoms with Crippen LogP contribution in [0, 0.1) is 0 Å². The normalized spacial score (nSPS) is 11.2. The van der Waals surface area contributed by atoms with E-state index in [1.54, 1.807) is 6.92 Å². The number of rotatable bonds is 7. The lowest BCUT2D eigenvalue weighted by atomic mass is 10.3. The zero-order valence-electron chi connectivity index (χ0n) is 10.8. The molecule has 8 heteroatoms. The van der Waals surface area contributed by atoms with Crippen LogP contribution >= 0.6 is 23.2 Å². The molecule has 0 saturated carbocycles. The van der Waals surface area contributed by atoms with Crippen molar-refractivity contribution in [2.45, 2.75) is 19.8 Å². The first kappa shape index (κ1) is 17.1. The molecule has 1 rings (SSSR count). The Hall–Kier alpha value is -0.980. The predicted molar refractivity (Wildman–Crippen MR) is 76.7 cm³/mol. The van der Waals surface area contributed by atoms with Crippen LogP contribution in [0.15, 0.2) is 18.2 Å². The number of esters is 1. The average molecular weight is 341 g/mol. The summed E-state index contributed by atoms with van der Waals surface area (Å²) < 4.78 is 32.9. The summed E-state index contributed by atoms with van der Waals surface area (Å²) in [6.07, 6.45) is 0.153. The molecular formula is C12H14Cl2O5S. The van der Waals surface area contributed by atoms with E-state index in [0.717, 1.165) is 0 Å². The van der Waals surface area contributed by atoms with Crippen molar-refractivity contribution in [2.75, 3.05) is 12.4 Å². The van der Waals surface area contributed by atoms with Crippen molar-refractivity contribution in [2.24, 2.45) is 0 Å². The number of carbonyl (C=O) groups is 1. The van der Waals surface area contributed by atoms with Crippen LogP contribution in [0.25, 0.3) is 0 Å². The van der Waals surface area contributed by atoms with Crippen molar-refractivity contribution in [1.82, 2.24) is 0 Å². The van der Waals surface area contributed by atoms with Gasteiger partial charge in [0.25, 0.3) is 0 Å². The summed E-state index contributed by atoms with van der Waals surface area (Å²) in [5, 5.41) is 0.504. The summed E-state index contributed by atoms with van der Waals surface area (Å²) in [6.45, 7) is 1.95. The summed E-state index contributed by atoms with van der Waals surface area (Å²) in [4.78, 5) is 11.1. The van der Waals surface area contributed by atoms with Crippen LogP contribution in [0.3, 0.4) is 0 Å². The van der Waals surface area contributed by atoms with E-state index < -0.39 is 16.1 Å². The van der Waals surface area contributed by atoms with Gasteiger partial charge in [0, 0.05) is 12.5 Å². The van der Waals surface area contributed by atoms with E-state index in [1.165, 1.54) is 18.2 Å². The average Bonchev–Trinajstić information content (AvgIpc) is 2.33. The Bertz CT molecular complexity index is 571. The standard InChI is InChI=1S/C12H14Cl2O5S/c1-2-18-12(15)4-3-7-20(16,17)19-9-5-6-10(13)11(14)8-9/h5-6,8H,2-4,7H2,1H3. The van der Waals surface area contributed by atoms with E-state index in [-0.39, 0.29) is 36.0 Å². The second kappa shape index (κ2) is 7.71. The Balaban J connectivity index is 2.53. The third-order valence-corrected chi connectivity index (χ3v) is 4.17. The highest BCUT2D eigenvalue weighted by Gasteiger charge is 2.15. The minimum absolute atomic E-state index is 0.0256. The number of benzene rings is 1. The lowest BCUT2D eigenvalue weighted by Crippen LogP contribution is -2.15. The van der Waals surface area contributed by atoms with Crippen molar-refractivity contribution in [3.63, 3.8) is 0 Å². The largest absolute Gasteiger partial charge is 0.466 e. The number of ether oxygens (including phenoxy) is 1. The molecule has 0 fully saturated rings. The third-order valence-electron chi connectivity index (χ3n) is 2.19. The van der Waals surface area contributed by atoms with Crippen molar-refractivity contribution >= 4 is 39.3 Å². The summed E-state index contributed by atoms with van der Waals surface area (Å²) in [6, 6.07) is 4.15. The zero-order valence-corrected chi connectivity index (χ0v) is 13.1.